The summed E-state index contributed by atoms with van der Waals surface area (Å²) in [5, 5.41) is 3.20. The van der Waals surface area contributed by atoms with Gasteiger partial charge in [0.25, 0.3) is 0 Å². The Balaban J connectivity index is 2.19. The first kappa shape index (κ1) is 15.8. The van der Waals surface area contributed by atoms with E-state index < -0.39 is 0 Å². The molecule has 1 aliphatic heterocycles. The number of likely N-dealkylation sites (N-methyl/N-ethyl adjacent to an activating group) is 1. The predicted molar refractivity (Wildman–Crippen MR) is 84.0 cm³/mol. The Morgan fingerprint density at radius 3 is 2.62 bits per heavy atom. The van der Waals surface area contributed by atoms with E-state index in [-0.39, 0.29) is 0 Å². The molecule has 7 heteroatoms. The molecule has 7 nitrogen and oxygen atoms in total. The summed E-state index contributed by atoms with van der Waals surface area (Å²) in [6, 6.07) is 0.874. The van der Waals surface area contributed by atoms with E-state index in [9.17, 15) is 0 Å². The minimum absolute atomic E-state index is 0.361. The molecule has 2 heterocycles. The molecule has 0 radical (unpaired) electrons. The van der Waals surface area contributed by atoms with Crippen LogP contribution in [0.3, 0.4) is 0 Å². The average molecular weight is 294 g/mol. The second kappa shape index (κ2) is 6.89. The Morgan fingerprint density at radius 2 is 2.05 bits per heavy atom. The lowest BCUT2D eigenvalue weighted by Crippen LogP contribution is -2.34. The Bertz CT molecular complexity index is 467. The van der Waals surface area contributed by atoms with Crippen molar-refractivity contribution in [2.45, 2.75) is 26.3 Å². The zero-order chi connectivity index (χ0) is 15.4. The third kappa shape index (κ3) is 3.72. The highest BCUT2D eigenvalue weighted by Crippen LogP contribution is 2.25. The summed E-state index contributed by atoms with van der Waals surface area (Å²) >= 11 is 0. The van der Waals surface area contributed by atoms with Gasteiger partial charge in [0, 0.05) is 25.7 Å². The highest BCUT2D eigenvalue weighted by Gasteiger charge is 2.32. The second-order valence-corrected chi connectivity index (χ2v) is 5.79. The molecule has 1 N–H and O–H groups in total. The van der Waals surface area contributed by atoms with Crippen LogP contribution >= 0.6 is 0 Å². The van der Waals surface area contributed by atoms with E-state index in [0.717, 1.165) is 26.1 Å². The quantitative estimate of drug-likeness (QED) is 0.842. The number of hydrogen-bond donors (Lipinski definition) is 1. The molecule has 0 spiro atoms. The molecule has 0 aliphatic carbocycles. The van der Waals surface area contributed by atoms with E-state index in [2.05, 4.69) is 58.0 Å². The van der Waals surface area contributed by atoms with Gasteiger partial charge in [-0.05, 0) is 26.4 Å². The van der Waals surface area contributed by atoms with E-state index in [1.165, 1.54) is 0 Å². The predicted octanol–water partition coefficient (Wildman–Crippen LogP) is 1.09. The summed E-state index contributed by atoms with van der Waals surface area (Å²) in [7, 11) is 5.82. The highest BCUT2D eigenvalue weighted by atomic mass is 16.5. The van der Waals surface area contributed by atoms with Crippen LogP contribution in [0, 0.1) is 5.92 Å². The van der Waals surface area contributed by atoms with Crippen molar-refractivity contribution in [2.24, 2.45) is 5.92 Å². The van der Waals surface area contributed by atoms with E-state index in [1.807, 2.05) is 0 Å². The van der Waals surface area contributed by atoms with Crippen LogP contribution in [0.25, 0.3) is 0 Å². The maximum atomic E-state index is 5.20. The van der Waals surface area contributed by atoms with Gasteiger partial charge in [-0.25, -0.2) is 0 Å². The zero-order valence-corrected chi connectivity index (χ0v) is 13.6. The highest BCUT2D eigenvalue weighted by molar-refractivity contribution is 5.40. The van der Waals surface area contributed by atoms with Crippen molar-refractivity contribution in [1.29, 1.82) is 0 Å². The molecule has 1 aliphatic rings. The molecule has 0 bridgehead atoms. The fraction of sp³-hybridized carbons (Fsp3) is 0.786. The maximum Gasteiger partial charge on any atom is 0.322 e. The van der Waals surface area contributed by atoms with Gasteiger partial charge in [0.15, 0.2) is 0 Å². The first-order chi connectivity index (χ1) is 10.0. The van der Waals surface area contributed by atoms with E-state index in [4.69, 9.17) is 4.74 Å². The summed E-state index contributed by atoms with van der Waals surface area (Å²) in [4.78, 5) is 17.6. The molecule has 118 valence electrons. The number of nitrogens with zero attached hydrogens (tertiary/aromatic N) is 5. The Hall–Kier alpha value is -1.63. The number of nitrogens with one attached hydrogen (secondary N) is 1. The number of aromatic nitrogens is 3. The fourth-order valence-corrected chi connectivity index (χ4v) is 2.68. The molecule has 21 heavy (non-hydrogen) atoms. The molecule has 2 unspecified atom stereocenters. The number of methoxy groups -OCH3 is 1. The van der Waals surface area contributed by atoms with Crippen LogP contribution in [0.1, 0.15) is 20.3 Å². The van der Waals surface area contributed by atoms with Gasteiger partial charge in [0.05, 0.1) is 7.11 Å². The van der Waals surface area contributed by atoms with Gasteiger partial charge in [-0.15, -0.1) is 0 Å². The van der Waals surface area contributed by atoms with Gasteiger partial charge in [-0.2, -0.15) is 15.0 Å². The molecular weight excluding hydrogens is 268 g/mol. The summed E-state index contributed by atoms with van der Waals surface area (Å²) < 4.78 is 5.20. The van der Waals surface area contributed by atoms with Gasteiger partial charge in [-0.1, -0.05) is 13.8 Å². The van der Waals surface area contributed by atoms with Gasteiger partial charge in [0.1, 0.15) is 0 Å². The SMILES string of the molecule is CCCNc1nc(OC)nc(N2CC(C)C(N(C)C)C2)n1. The van der Waals surface area contributed by atoms with Crippen LogP contribution in [0.2, 0.25) is 0 Å². The first-order valence-corrected chi connectivity index (χ1v) is 7.50. The molecule has 0 amide bonds. The van der Waals surface area contributed by atoms with Crippen LogP contribution in [-0.2, 0) is 0 Å². The summed E-state index contributed by atoms with van der Waals surface area (Å²) in [6.07, 6.45) is 1.02. The molecular formula is C14H26N6O. The number of ether oxygens (including phenoxy) is 1. The lowest BCUT2D eigenvalue weighted by molar-refractivity contribution is 0.266. The van der Waals surface area contributed by atoms with Crippen molar-refractivity contribution in [3.63, 3.8) is 0 Å². The lowest BCUT2D eigenvalue weighted by atomic mass is 10.1. The Kier molecular flexibility index (Phi) is 5.17. The minimum Gasteiger partial charge on any atom is -0.467 e. The van der Waals surface area contributed by atoms with Crippen molar-refractivity contribution in [2.75, 3.05) is 51.1 Å². The molecule has 0 aromatic carbocycles. The minimum atomic E-state index is 0.361. The molecule has 1 fully saturated rings. The number of anilines is 2. The molecule has 2 rings (SSSR count). The topological polar surface area (TPSA) is 66.4 Å². The van der Waals surface area contributed by atoms with Crippen molar-refractivity contribution in [1.82, 2.24) is 19.9 Å². The van der Waals surface area contributed by atoms with Crippen molar-refractivity contribution < 1.29 is 4.74 Å². The number of hydrogen-bond acceptors (Lipinski definition) is 7. The molecule has 1 aromatic rings. The monoisotopic (exact) mass is 294 g/mol. The molecule has 1 aromatic heterocycles. The van der Waals surface area contributed by atoms with E-state index >= 15 is 0 Å². The largest absolute Gasteiger partial charge is 0.467 e. The van der Waals surface area contributed by atoms with Crippen molar-refractivity contribution in [3.05, 3.63) is 0 Å². The van der Waals surface area contributed by atoms with Gasteiger partial charge in [0.2, 0.25) is 11.9 Å². The Morgan fingerprint density at radius 1 is 1.29 bits per heavy atom. The fourth-order valence-electron chi connectivity index (χ4n) is 2.68. The van der Waals surface area contributed by atoms with Crippen LogP contribution in [0.15, 0.2) is 0 Å². The molecule has 2 atom stereocenters. The maximum absolute atomic E-state index is 5.20. The third-order valence-electron chi connectivity index (χ3n) is 3.84. The van der Waals surface area contributed by atoms with Crippen molar-refractivity contribution >= 4 is 11.9 Å². The smallest absolute Gasteiger partial charge is 0.322 e. The van der Waals surface area contributed by atoms with Crippen LogP contribution in [0.4, 0.5) is 11.9 Å². The zero-order valence-electron chi connectivity index (χ0n) is 13.6. The van der Waals surface area contributed by atoms with Crippen LogP contribution < -0.4 is 15.0 Å². The van der Waals surface area contributed by atoms with Gasteiger partial charge < -0.3 is 19.9 Å². The lowest BCUT2D eigenvalue weighted by Gasteiger charge is -2.22. The Labute approximate surface area is 126 Å². The molecule has 1 saturated heterocycles. The average Bonchev–Trinajstić information content (AvgIpc) is 2.87. The van der Waals surface area contributed by atoms with E-state index in [1.54, 1.807) is 7.11 Å². The summed E-state index contributed by atoms with van der Waals surface area (Å²) in [5.41, 5.74) is 0. The third-order valence-corrected chi connectivity index (χ3v) is 3.84. The van der Waals surface area contributed by atoms with Crippen LogP contribution in [-0.4, -0.2) is 66.7 Å². The van der Waals surface area contributed by atoms with Crippen LogP contribution in [0.5, 0.6) is 6.01 Å². The second-order valence-electron chi connectivity index (χ2n) is 5.79. The molecule has 0 saturated carbocycles. The number of rotatable bonds is 6. The van der Waals surface area contributed by atoms with Gasteiger partial charge >= 0.3 is 6.01 Å². The summed E-state index contributed by atoms with van der Waals surface area (Å²) in [6.45, 7) is 7.08. The van der Waals surface area contributed by atoms with E-state index in [0.29, 0.717) is 29.9 Å². The first-order valence-electron chi connectivity index (χ1n) is 7.50. The standard InChI is InChI=1S/C14H26N6O/c1-6-7-15-12-16-13(18-14(17-12)21-5)20-8-10(2)11(9-20)19(3)4/h10-11H,6-9H2,1-5H3,(H,15,16,17,18). The van der Waals surface area contributed by atoms with Crippen molar-refractivity contribution in [3.8, 4) is 6.01 Å². The van der Waals surface area contributed by atoms with Gasteiger partial charge in [-0.3, -0.25) is 0 Å². The normalized spacial score (nSPS) is 21.9. The summed E-state index contributed by atoms with van der Waals surface area (Å²) in [5.74, 6) is 1.85.